The van der Waals surface area contributed by atoms with Gasteiger partial charge in [-0.2, -0.15) is 0 Å². The Labute approximate surface area is 112 Å². The van der Waals surface area contributed by atoms with Crippen LogP contribution in [0.2, 0.25) is 5.02 Å². The van der Waals surface area contributed by atoms with E-state index >= 15 is 0 Å². The summed E-state index contributed by atoms with van der Waals surface area (Å²) in [4.78, 5) is 8.15. The lowest BCUT2D eigenvalue weighted by molar-refractivity contribution is 1.03. The van der Waals surface area contributed by atoms with Crippen LogP contribution in [-0.4, -0.2) is 9.97 Å². The molecule has 0 aliphatic rings. The molecule has 0 bridgehead atoms. The van der Waals surface area contributed by atoms with Gasteiger partial charge in [0.25, 0.3) is 0 Å². The van der Waals surface area contributed by atoms with Gasteiger partial charge < -0.3 is 0 Å². The highest BCUT2D eigenvalue weighted by atomic mass is 79.9. The second-order valence-electron chi connectivity index (χ2n) is 3.09. The van der Waals surface area contributed by atoms with E-state index in [1.807, 2.05) is 30.3 Å². The first kappa shape index (κ1) is 11.9. The Bertz CT molecular complexity index is 476. The summed E-state index contributed by atoms with van der Waals surface area (Å²) >= 11 is 10.8. The van der Waals surface area contributed by atoms with Gasteiger partial charge >= 0.3 is 0 Å². The molecule has 0 fully saturated rings. The van der Waals surface area contributed by atoms with Crippen LogP contribution in [0.25, 0.3) is 0 Å². The van der Waals surface area contributed by atoms with E-state index in [1.54, 1.807) is 18.1 Å². The summed E-state index contributed by atoms with van der Waals surface area (Å²) in [7, 11) is 0. The van der Waals surface area contributed by atoms with E-state index in [0.717, 1.165) is 20.4 Å². The summed E-state index contributed by atoms with van der Waals surface area (Å²) in [6.07, 6.45) is 1.55. The number of halogens is 2. The first-order valence-corrected chi connectivity index (χ1v) is 6.74. The number of aromatic nitrogens is 2. The van der Waals surface area contributed by atoms with Gasteiger partial charge in [-0.25, -0.2) is 9.97 Å². The first-order chi connectivity index (χ1) is 7.74. The lowest BCUT2D eigenvalue weighted by atomic mass is 10.2. The molecule has 16 heavy (non-hydrogen) atoms. The van der Waals surface area contributed by atoms with Gasteiger partial charge in [0, 0.05) is 16.8 Å². The molecule has 5 heteroatoms. The van der Waals surface area contributed by atoms with Gasteiger partial charge in [0.05, 0.1) is 0 Å². The third-order valence-electron chi connectivity index (χ3n) is 1.91. The van der Waals surface area contributed by atoms with Crippen molar-refractivity contribution in [3.63, 3.8) is 0 Å². The molecule has 0 radical (unpaired) electrons. The maximum Gasteiger partial charge on any atom is 0.118 e. The molecule has 0 atom stereocenters. The van der Waals surface area contributed by atoms with Crippen LogP contribution in [0.3, 0.4) is 0 Å². The van der Waals surface area contributed by atoms with Crippen LogP contribution < -0.4 is 0 Å². The van der Waals surface area contributed by atoms with E-state index in [2.05, 4.69) is 25.9 Å². The molecule has 0 aliphatic heterocycles. The highest BCUT2D eigenvalue weighted by Gasteiger charge is 1.99. The quantitative estimate of drug-likeness (QED) is 0.627. The fourth-order valence-electron chi connectivity index (χ4n) is 1.13. The summed E-state index contributed by atoms with van der Waals surface area (Å²) in [6.45, 7) is 0. The van der Waals surface area contributed by atoms with Gasteiger partial charge in [-0.1, -0.05) is 23.7 Å². The van der Waals surface area contributed by atoms with Gasteiger partial charge in [-0.15, -0.1) is 11.8 Å². The molecule has 0 amide bonds. The van der Waals surface area contributed by atoms with Crippen LogP contribution in [0.15, 0.2) is 46.3 Å². The number of nitrogens with zero attached hydrogens (tertiary/aromatic N) is 2. The van der Waals surface area contributed by atoms with Gasteiger partial charge in [0.2, 0.25) is 0 Å². The van der Waals surface area contributed by atoms with Crippen LogP contribution in [0.5, 0.6) is 0 Å². The molecule has 0 N–H and O–H groups in total. The maximum atomic E-state index is 5.82. The van der Waals surface area contributed by atoms with Crippen molar-refractivity contribution >= 4 is 39.3 Å². The van der Waals surface area contributed by atoms with Crippen molar-refractivity contribution in [1.29, 1.82) is 0 Å². The Balaban J connectivity index is 1.99. The van der Waals surface area contributed by atoms with E-state index in [4.69, 9.17) is 11.6 Å². The number of hydrogen-bond acceptors (Lipinski definition) is 3. The number of thioether (sulfide) groups is 1. The van der Waals surface area contributed by atoms with Crippen molar-refractivity contribution in [3.05, 3.63) is 51.8 Å². The van der Waals surface area contributed by atoms with E-state index in [1.165, 1.54) is 5.56 Å². The van der Waals surface area contributed by atoms with Crippen molar-refractivity contribution in [1.82, 2.24) is 9.97 Å². The fourth-order valence-corrected chi connectivity index (χ4v) is 2.54. The van der Waals surface area contributed by atoms with E-state index in [9.17, 15) is 0 Å². The molecule has 0 spiro atoms. The minimum Gasteiger partial charge on any atom is -0.230 e. The Kier molecular flexibility index (Phi) is 4.21. The predicted octanol–water partition coefficient (Wildman–Crippen LogP) is 4.18. The van der Waals surface area contributed by atoms with Crippen molar-refractivity contribution in [2.24, 2.45) is 0 Å². The smallest absolute Gasteiger partial charge is 0.118 e. The molecule has 1 aromatic heterocycles. The van der Waals surface area contributed by atoms with Gasteiger partial charge in [0.1, 0.15) is 16.0 Å². The van der Waals surface area contributed by atoms with Crippen LogP contribution >= 0.6 is 39.3 Å². The van der Waals surface area contributed by atoms with Crippen molar-refractivity contribution in [2.45, 2.75) is 10.8 Å². The summed E-state index contributed by atoms with van der Waals surface area (Å²) in [5.41, 5.74) is 1.23. The van der Waals surface area contributed by atoms with Gasteiger partial charge in [-0.3, -0.25) is 0 Å². The highest BCUT2D eigenvalue weighted by Crippen LogP contribution is 2.22. The molecule has 2 nitrogen and oxygen atoms in total. The van der Waals surface area contributed by atoms with Gasteiger partial charge in [0.15, 0.2) is 0 Å². The van der Waals surface area contributed by atoms with Crippen LogP contribution in [-0.2, 0) is 5.75 Å². The fraction of sp³-hybridized carbons (Fsp3) is 0.0909. The molecule has 2 rings (SSSR count). The zero-order valence-electron chi connectivity index (χ0n) is 8.23. The predicted molar refractivity (Wildman–Crippen MR) is 70.7 cm³/mol. The molecule has 1 heterocycles. The van der Waals surface area contributed by atoms with Crippen LogP contribution in [0.1, 0.15) is 5.56 Å². The third kappa shape index (κ3) is 3.47. The maximum absolute atomic E-state index is 5.82. The minimum atomic E-state index is 0.763. The molecular formula is C11H8BrClN2S. The molecule has 0 aliphatic carbocycles. The molecule has 0 unspecified atom stereocenters. The molecule has 82 valence electrons. The zero-order valence-corrected chi connectivity index (χ0v) is 11.4. The summed E-state index contributed by atoms with van der Waals surface area (Å²) in [5, 5.41) is 1.72. The SMILES string of the molecule is Clc1ccc(CSc2cc(Br)ncn2)cc1. The Morgan fingerprint density at radius 2 is 1.94 bits per heavy atom. The Morgan fingerprint density at radius 1 is 1.19 bits per heavy atom. The van der Waals surface area contributed by atoms with Crippen molar-refractivity contribution in [3.8, 4) is 0 Å². The average Bonchev–Trinajstić information content (AvgIpc) is 2.28. The zero-order chi connectivity index (χ0) is 11.4. The molecule has 0 saturated carbocycles. The standard InChI is InChI=1S/C11H8BrClN2S/c12-10-5-11(15-7-14-10)16-6-8-1-3-9(13)4-2-8/h1-5,7H,6H2. The minimum absolute atomic E-state index is 0.763. The number of hydrogen-bond donors (Lipinski definition) is 0. The van der Waals surface area contributed by atoms with E-state index in [-0.39, 0.29) is 0 Å². The third-order valence-corrected chi connectivity index (χ3v) is 3.59. The highest BCUT2D eigenvalue weighted by molar-refractivity contribution is 9.10. The van der Waals surface area contributed by atoms with Crippen molar-refractivity contribution < 1.29 is 0 Å². The summed E-state index contributed by atoms with van der Waals surface area (Å²) in [5.74, 6) is 0.876. The number of benzene rings is 1. The topological polar surface area (TPSA) is 25.8 Å². The summed E-state index contributed by atoms with van der Waals surface area (Å²) in [6, 6.07) is 9.73. The van der Waals surface area contributed by atoms with Crippen molar-refractivity contribution in [2.75, 3.05) is 0 Å². The molecule has 1 aromatic carbocycles. The Morgan fingerprint density at radius 3 is 2.62 bits per heavy atom. The average molecular weight is 316 g/mol. The molecule has 0 saturated heterocycles. The second kappa shape index (κ2) is 5.66. The largest absolute Gasteiger partial charge is 0.230 e. The second-order valence-corrected chi connectivity index (χ2v) is 5.34. The van der Waals surface area contributed by atoms with Crippen LogP contribution in [0, 0.1) is 0 Å². The first-order valence-electron chi connectivity index (χ1n) is 4.59. The van der Waals surface area contributed by atoms with E-state index in [0.29, 0.717) is 0 Å². The van der Waals surface area contributed by atoms with Gasteiger partial charge in [-0.05, 0) is 33.6 Å². The molecule has 2 aromatic rings. The molecular weight excluding hydrogens is 308 g/mol. The summed E-state index contributed by atoms with van der Waals surface area (Å²) < 4.78 is 0.807. The number of rotatable bonds is 3. The monoisotopic (exact) mass is 314 g/mol. The lowest BCUT2D eigenvalue weighted by Crippen LogP contribution is -1.85. The van der Waals surface area contributed by atoms with Crippen LogP contribution in [0.4, 0.5) is 0 Å². The lowest BCUT2D eigenvalue weighted by Gasteiger charge is -2.01. The Hall–Kier alpha value is -0.580. The normalized spacial score (nSPS) is 10.4. The van der Waals surface area contributed by atoms with E-state index < -0.39 is 0 Å².